The van der Waals surface area contributed by atoms with Crippen LogP contribution in [0.3, 0.4) is 0 Å². The predicted molar refractivity (Wildman–Crippen MR) is 102 cm³/mol. The van der Waals surface area contributed by atoms with Crippen molar-refractivity contribution < 1.29 is 13.9 Å². The van der Waals surface area contributed by atoms with Gasteiger partial charge < -0.3 is 14.1 Å². The summed E-state index contributed by atoms with van der Waals surface area (Å²) in [5.74, 6) is 1.69. The fourth-order valence-corrected chi connectivity index (χ4v) is 4.96. The summed E-state index contributed by atoms with van der Waals surface area (Å²) in [5, 5.41) is 8.57. The molecule has 28 heavy (non-hydrogen) atoms. The maximum atomic E-state index is 12.7. The zero-order chi connectivity index (χ0) is 19.1. The Labute approximate surface area is 164 Å². The highest BCUT2D eigenvalue weighted by Crippen LogP contribution is 2.48. The second kappa shape index (κ2) is 6.97. The van der Waals surface area contributed by atoms with Crippen LogP contribution in [0, 0.1) is 11.3 Å². The number of nitrogens with zero attached hydrogens (tertiary/aromatic N) is 4. The van der Waals surface area contributed by atoms with Crippen LogP contribution in [0.15, 0.2) is 34.7 Å². The molecule has 1 atom stereocenters. The summed E-state index contributed by atoms with van der Waals surface area (Å²) >= 11 is 0. The maximum Gasteiger partial charge on any atom is 0.247 e. The Morgan fingerprint density at radius 1 is 1.11 bits per heavy atom. The van der Waals surface area contributed by atoms with Crippen molar-refractivity contribution in [2.75, 3.05) is 39.9 Å². The quantitative estimate of drug-likeness (QED) is 0.812. The summed E-state index contributed by atoms with van der Waals surface area (Å²) in [5.41, 5.74) is 1.09. The van der Waals surface area contributed by atoms with Gasteiger partial charge in [-0.25, -0.2) is 0 Å². The Morgan fingerprint density at radius 2 is 1.86 bits per heavy atom. The third kappa shape index (κ3) is 3.12. The van der Waals surface area contributed by atoms with E-state index in [-0.39, 0.29) is 17.4 Å². The van der Waals surface area contributed by atoms with Crippen molar-refractivity contribution in [3.8, 4) is 11.5 Å². The van der Waals surface area contributed by atoms with Crippen molar-refractivity contribution in [1.82, 2.24) is 20.0 Å². The summed E-state index contributed by atoms with van der Waals surface area (Å²) in [6, 6.07) is 9.97. The number of hydrogen-bond donors (Lipinski definition) is 0. The highest BCUT2D eigenvalue weighted by atomic mass is 16.5. The second-order valence-corrected chi connectivity index (χ2v) is 8.53. The van der Waals surface area contributed by atoms with E-state index in [1.165, 1.54) is 0 Å². The summed E-state index contributed by atoms with van der Waals surface area (Å²) in [4.78, 5) is 17.1. The Morgan fingerprint density at radius 3 is 2.61 bits per heavy atom. The molecule has 3 aliphatic rings. The van der Waals surface area contributed by atoms with E-state index in [0.29, 0.717) is 30.9 Å². The minimum absolute atomic E-state index is 0.116. The average molecular weight is 382 g/mol. The molecular formula is C21H26N4O3. The SMILES string of the molecule is CN1CC2(CC1c1nnc(-c3ccccc3)o1)CN(C(=O)C1CCOCC1)C2. The van der Waals surface area contributed by atoms with Crippen LogP contribution >= 0.6 is 0 Å². The van der Waals surface area contributed by atoms with Crippen LogP contribution < -0.4 is 0 Å². The molecule has 1 spiro atoms. The number of carbonyl (C=O) groups is 1. The fourth-order valence-electron chi connectivity index (χ4n) is 4.96. The van der Waals surface area contributed by atoms with Gasteiger partial charge in [0.1, 0.15) is 0 Å². The molecule has 3 saturated heterocycles. The van der Waals surface area contributed by atoms with Crippen LogP contribution in [0.4, 0.5) is 0 Å². The van der Waals surface area contributed by atoms with Crippen molar-refractivity contribution in [2.24, 2.45) is 11.3 Å². The maximum absolute atomic E-state index is 12.7. The summed E-state index contributed by atoms with van der Waals surface area (Å²) in [6.45, 7) is 4.05. The topological polar surface area (TPSA) is 71.7 Å². The Bertz CT molecular complexity index is 840. The molecule has 0 bridgehead atoms. The van der Waals surface area contributed by atoms with E-state index in [4.69, 9.17) is 9.15 Å². The van der Waals surface area contributed by atoms with Gasteiger partial charge in [-0.1, -0.05) is 18.2 Å². The first-order valence-electron chi connectivity index (χ1n) is 10.1. The largest absolute Gasteiger partial charge is 0.419 e. The van der Waals surface area contributed by atoms with E-state index >= 15 is 0 Å². The Hall–Kier alpha value is -2.25. The third-order valence-electron chi connectivity index (χ3n) is 6.42. The van der Waals surface area contributed by atoms with Crippen molar-refractivity contribution in [2.45, 2.75) is 25.3 Å². The van der Waals surface area contributed by atoms with E-state index in [1.807, 2.05) is 35.2 Å². The molecule has 1 aromatic carbocycles. The lowest BCUT2D eigenvalue weighted by Gasteiger charge is -2.49. The Kier molecular flexibility index (Phi) is 4.44. The monoisotopic (exact) mass is 382 g/mol. The molecule has 0 N–H and O–H groups in total. The molecule has 7 heteroatoms. The number of benzene rings is 1. The van der Waals surface area contributed by atoms with Gasteiger partial charge in [-0.2, -0.15) is 0 Å². The van der Waals surface area contributed by atoms with Crippen LogP contribution in [0.1, 0.15) is 31.2 Å². The normalized spacial score (nSPS) is 25.2. The third-order valence-corrected chi connectivity index (χ3v) is 6.42. The molecule has 148 valence electrons. The number of likely N-dealkylation sites (tertiary alicyclic amines) is 2. The van der Waals surface area contributed by atoms with Gasteiger partial charge in [0, 0.05) is 49.7 Å². The van der Waals surface area contributed by atoms with Gasteiger partial charge >= 0.3 is 0 Å². The molecule has 4 heterocycles. The van der Waals surface area contributed by atoms with Crippen molar-refractivity contribution in [3.63, 3.8) is 0 Å². The first-order chi connectivity index (χ1) is 13.6. The van der Waals surface area contributed by atoms with Crippen LogP contribution in [0.25, 0.3) is 11.5 Å². The van der Waals surface area contributed by atoms with E-state index < -0.39 is 0 Å². The van der Waals surface area contributed by atoms with E-state index in [1.54, 1.807) is 0 Å². The first kappa shape index (κ1) is 17.8. The molecule has 1 unspecified atom stereocenters. The molecule has 0 aliphatic carbocycles. The standard InChI is InChI=1S/C21H26N4O3/c1-24-12-21(13-25(14-21)20(26)16-7-9-27-10-8-16)11-17(24)19-23-22-18(28-19)15-5-3-2-4-6-15/h2-6,16-17H,7-14H2,1H3. The molecule has 3 aliphatic heterocycles. The number of rotatable bonds is 3. The lowest BCUT2D eigenvalue weighted by Crippen LogP contribution is -2.60. The zero-order valence-corrected chi connectivity index (χ0v) is 16.2. The summed E-state index contributed by atoms with van der Waals surface area (Å²) in [6.07, 6.45) is 2.67. The minimum atomic E-state index is 0.116. The number of ether oxygens (including phenoxy) is 1. The molecule has 5 rings (SSSR count). The minimum Gasteiger partial charge on any atom is -0.419 e. The number of aromatic nitrogens is 2. The average Bonchev–Trinajstić information content (AvgIpc) is 3.32. The lowest BCUT2D eigenvalue weighted by molar-refractivity contribution is -0.150. The Balaban J connectivity index is 1.24. The molecule has 0 radical (unpaired) electrons. The summed E-state index contributed by atoms with van der Waals surface area (Å²) in [7, 11) is 2.11. The number of amides is 1. The predicted octanol–water partition coefficient (Wildman–Crippen LogP) is 2.37. The van der Waals surface area contributed by atoms with Gasteiger partial charge in [0.25, 0.3) is 0 Å². The van der Waals surface area contributed by atoms with Gasteiger partial charge in [-0.05, 0) is 38.4 Å². The highest BCUT2D eigenvalue weighted by Gasteiger charge is 2.53. The van der Waals surface area contributed by atoms with Crippen molar-refractivity contribution in [3.05, 3.63) is 36.2 Å². The van der Waals surface area contributed by atoms with Crippen molar-refractivity contribution in [1.29, 1.82) is 0 Å². The lowest BCUT2D eigenvalue weighted by atomic mass is 9.77. The van der Waals surface area contributed by atoms with Crippen LogP contribution in [0.5, 0.6) is 0 Å². The molecular weight excluding hydrogens is 356 g/mol. The molecule has 3 fully saturated rings. The van der Waals surface area contributed by atoms with E-state index in [9.17, 15) is 4.79 Å². The molecule has 0 saturated carbocycles. The fraction of sp³-hybridized carbons (Fsp3) is 0.571. The molecule has 2 aromatic rings. The summed E-state index contributed by atoms with van der Waals surface area (Å²) < 4.78 is 11.4. The van der Waals surface area contributed by atoms with Gasteiger partial charge in [-0.15, -0.1) is 10.2 Å². The smallest absolute Gasteiger partial charge is 0.247 e. The van der Waals surface area contributed by atoms with Crippen LogP contribution in [-0.2, 0) is 9.53 Å². The number of hydrogen-bond acceptors (Lipinski definition) is 6. The molecule has 7 nitrogen and oxygen atoms in total. The molecule has 1 amide bonds. The van der Waals surface area contributed by atoms with Gasteiger partial charge in [0.2, 0.25) is 17.7 Å². The number of carbonyl (C=O) groups excluding carboxylic acids is 1. The first-order valence-corrected chi connectivity index (χ1v) is 10.1. The highest BCUT2D eigenvalue weighted by molar-refractivity contribution is 5.80. The van der Waals surface area contributed by atoms with Gasteiger partial charge in [-0.3, -0.25) is 9.69 Å². The van der Waals surface area contributed by atoms with Crippen LogP contribution in [0.2, 0.25) is 0 Å². The van der Waals surface area contributed by atoms with Gasteiger partial charge in [0.05, 0.1) is 6.04 Å². The second-order valence-electron chi connectivity index (χ2n) is 8.53. The van der Waals surface area contributed by atoms with E-state index in [2.05, 4.69) is 22.1 Å². The van der Waals surface area contributed by atoms with Gasteiger partial charge in [0.15, 0.2) is 0 Å². The zero-order valence-electron chi connectivity index (χ0n) is 16.2. The van der Waals surface area contributed by atoms with Crippen molar-refractivity contribution >= 4 is 5.91 Å². The molecule has 1 aromatic heterocycles. The van der Waals surface area contributed by atoms with Crippen LogP contribution in [-0.4, -0.2) is 65.8 Å². The van der Waals surface area contributed by atoms with E-state index in [0.717, 1.165) is 44.5 Å².